The van der Waals surface area contributed by atoms with Gasteiger partial charge in [-0.05, 0) is 26.1 Å². The molecule has 1 aliphatic rings. The highest BCUT2D eigenvalue weighted by Crippen LogP contribution is 2.15. The van der Waals surface area contributed by atoms with Gasteiger partial charge in [-0.3, -0.25) is 19.7 Å². The first-order valence-corrected chi connectivity index (χ1v) is 8.30. The van der Waals surface area contributed by atoms with Crippen molar-refractivity contribution in [2.45, 2.75) is 12.8 Å². The molecule has 2 amide bonds. The molecule has 0 bridgehead atoms. The van der Waals surface area contributed by atoms with Crippen LogP contribution in [0.4, 0.5) is 5.69 Å². The number of aryl methyl sites for hydroxylation is 1. The first-order chi connectivity index (χ1) is 11.9. The Hall–Kier alpha value is -2.48. The summed E-state index contributed by atoms with van der Waals surface area (Å²) in [4.78, 5) is 40.1. The van der Waals surface area contributed by atoms with Gasteiger partial charge in [0.15, 0.2) is 0 Å². The predicted octanol–water partition coefficient (Wildman–Crippen LogP) is 0.760. The highest BCUT2D eigenvalue weighted by Gasteiger charge is 2.24. The number of amides is 2. The summed E-state index contributed by atoms with van der Waals surface area (Å²) in [5, 5.41) is 10.8. The molecule has 1 heterocycles. The van der Waals surface area contributed by atoms with Gasteiger partial charge in [-0.15, -0.1) is 0 Å². The maximum atomic E-state index is 12.3. The topological polar surface area (TPSA) is 87.0 Å². The average molecular weight is 348 g/mol. The maximum absolute atomic E-state index is 12.3. The molecule has 1 fully saturated rings. The zero-order valence-electron chi connectivity index (χ0n) is 14.7. The molecular formula is C17H24N4O4. The Morgan fingerprint density at radius 2 is 1.72 bits per heavy atom. The van der Waals surface area contributed by atoms with Gasteiger partial charge >= 0.3 is 0 Å². The Kier molecular flexibility index (Phi) is 6.46. The van der Waals surface area contributed by atoms with Crippen LogP contribution >= 0.6 is 0 Å². The van der Waals surface area contributed by atoms with Gasteiger partial charge in [-0.1, -0.05) is 12.1 Å². The number of non-ortho nitro benzene ring substituents is 1. The minimum atomic E-state index is -0.435. The fraction of sp³-hybridized carbons (Fsp3) is 0.529. The van der Waals surface area contributed by atoms with Gasteiger partial charge in [0, 0.05) is 44.7 Å². The number of carbonyl (C=O) groups excluding carboxylic acids is 2. The summed E-state index contributed by atoms with van der Waals surface area (Å²) >= 11 is 0. The summed E-state index contributed by atoms with van der Waals surface area (Å²) in [6, 6.07) is 6.37. The number of carbonyl (C=O) groups is 2. The number of nitro groups is 1. The fourth-order valence-corrected chi connectivity index (χ4v) is 2.81. The average Bonchev–Trinajstić information content (AvgIpc) is 2.59. The maximum Gasteiger partial charge on any atom is 0.269 e. The second-order valence-corrected chi connectivity index (χ2v) is 6.43. The lowest BCUT2D eigenvalue weighted by atomic mass is 10.1. The molecule has 136 valence electrons. The van der Waals surface area contributed by atoms with E-state index < -0.39 is 4.92 Å². The van der Waals surface area contributed by atoms with E-state index in [0.29, 0.717) is 45.6 Å². The largest absolute Gasteiger partial charge is 0.339 e. The number of benzene rings is 1. The van der Waals surface area contributed by atoms with Crippen molar-refractivity contribution in [1.29, 1.82) is 0 Å². The fourth-order valence-electron chi connectivity index (χ4n) is 2.81. The quantitative estimate of drug-likeness (QED) is 0.559. The second kappa shape index (κ2) is 8.57. The van der Waals surface area contributed by atoms with E-state index in [0.717, 1.165) is 5.56 Å². The van der Waals surface area contributed by atoms with Gasteiger partial charge in [0.2, 0.25) is 11.8 Å². The van der Waals surface area contributed by atoms with E-state index >= 15 is 0 Å². The van der Waals surface area contributed by atoms with Crippen LogP contribution in [0.1, 0.15) is 12.0 Å². The zero-order chi connectivity index (χ0) is 18.4. The summed E-state index contributed by atoms with van der Waals surface area (Å²) < 4.78 is 0. The van der Waals surface area contributed by atoms with Crippen molar-refractivity contribution in [2.24, 2.45) is 0 Å². The predicted molar refractivity (Wildman–Crippen MR) is 93.1 cm³/mol. The summed E-state index contributed by atoms with van der Waals surface area (Å²) in [6.45, 7) is 2.55. The lowest BCUT2D eigenvalue weighted by Gasteiger charge is -2.35. The molecule has 8 nitrogen and oxygen atoms in total. The molecule has 0 spiro atoms. The van der Waals surface area contributed by atoms with Crippen LogP contribution in [-0.4, -0.2) is 78.3 Å². The molecule has 1 aliphatic heterocycles. The molecule has 0 aromatic heterocycles. The van der Waals surface area contributed by atoms with E-state index in [9.17, 15) is 19.7 Å². The van der Waals surface area contributed by atoms with Crippen LogP contribution in [0.3, 0.4) is 0 Å². The number of piperazine rings is 1. The number of likely N-dealkylation sites (N-methyl/N-ethyl adjacent to an activating group) is 1. The Labute approximate surface area is 147 Å². The van der Waals surface area contributed by atoms with E-state index in [1.807, 2.05) is 19.0 Å². The van der Waals surface area contributed by atoms with Crippen molar-refractivity contribution in [2.75, 3.05) is 46.8 Å². The Balaban J connectivity index is 1.80. The van der Waals surface area contributed by atoms with E-state index in [1.165, 1.54) is 12.1 Å². The van der Waals surface area contributed by atoms with E-state index in [4.69, 9.17) is 0 Å². The standard InChI is InChI=1S/C17H24N4O4/c1-18(2)13-17(23)20-10-8-19(9-11-20)16(22)7-6-14-4-3-5-15(12-14)21(24)25/h3-5,12H,6-11,13H2,1-2H3. The van der Waals surface area contributed by atoms with Crippen LogP contribution in [-0.2, 0) is 16.0 Å². The van der Waals surface area contributed by atoms with Crippen molar-refractivity contribution >= 4 is 17.5 Å². The lowest BCUT2D eigenvalue weighted by molar-refractivity contribution is -0.384. The van der Waals surface area contributed by atoms with Crippen LogP contribution in [0.2, 0.25) is 0 Å². The van der Waals surface area contributed by atoms with E-state index in [1.54, 1.807) is 21.9 Å². The Morgan fingerprint density at radius 1 is 1.12 bits per heavy atom. The number of rotatable bonds is 6. The molecular weight excluding hydrogens is 324 g/mol. The SMILES string of the molecule is CN(C)CC(=O)N1CCN(C(=O)CCc2cccc([N+](=O)[O-])c2)CC1. The number of hydrogen-bond acceptors (Lipinski definition) is 5. The third kappa shape index (κ3) is 5.53. The summed E-state index contributed by atoms with van der Waals surface area (Å²) in [5.74, 6) is 0.0971. The van der Waals surface area contributed by atoms with Gasteiger partial charge in [0.05, 0.1) is 11.5 Å². The molecule has 0 radical (unpaired) electrons. The molecule has 0 saturated carbocycles. The normalized spacial score (nSPS) is 14.7. The van der Waals surface area contributed by atoms with Gasteiger partial charge in [-0.25, -0.2) is 0 Å². The third-order valence-corrected chi connectivity index (χ3v) is 4.19. The molecule has 0 unspecified atom stereocenters. The molecule has 0 atom stereocenters. The second-order valence-electron chi connectivity index (χ2n) is 6.43. The monoisotopic (exact) mass is 348 g/mol. The van der Waals surface area contributed by atoms with E-state index in [2.05, 4.69) is 0 Å². The van der Waals surface area contributed by atoms with Gasteiger partial charge in [0.1, 0.15) is 0 Å². The van der Waals surface area contributed by atoms with Crippen LogP contribution < -0.4 is 0 Å². The van der Waals surface area contributed by atoms with Crippen molar-refractivity contribution in [1.82, 2.24) is 14.7 Å². The number of nitro benzene ring substituents is 1. The number of hydrogen-bond donors (Lipinski definition) is 0. The summed E-state index contributed by atoms with van der Waals surface area (Å²) in [6.07, 6.45) is 0.785. The van der Waals surface area contributed by atoms with Crippen molar-refractivity contribution < 1.29 is 14.5 Å². The van der Waals surface area contributed by atoms with Crippen molar-refractivity contribution in [3.05, 3.63) is 39.9 Å². The van der Waals surface area contributed by atoms with Gasteiger partial charge < -0.3 is 14.7 Å². The van der Waals surface area contributed by atoms with Crippen LogP contribution in [0.5, 0.6) is 0 Å². The first-order valence-electron chi connectivity index (χ1n) is 8.30. The molecule has 1 aromatic carbocycles. The van der Waals surface area contributed by atoms with Crippen LogP contribution in [0, 0.1) is 10.1 Å². The van der Waals surface area contributed by atoms with Crippen LogP contribution in [0.25, 0.3) is 0 Å². The van der Waals surface area contributed by atoms with Gasteiger partial charge in [-0.2, -0.15) is 0 Å². The van der Waals surface area contributed by atoms with Gasteiger partial charge in [0.25, 0.3) is 5.69 Å². The zero-order valence-corrected chi connectivity index (χ0v) is 14.7. The molecule has 25 heavy (non-hydrogen) atoms. The smallest absolute Gasteiger partial charge is 0.269 e. The highest BCUT2D eigenvalue weighted by molar-refractivity contribution is 5.79. The van der Waals surface area contributed by atoms with Crippen molar-refractivity contribution in [3.8, 4) is 0 Å². The summed E-state index contributed by atoms with van der Waals surface area (Å²) in [5.41, 5.74) is 0.820. The molecule has 0 N–H and O–H groups in total. The molecule has 1 saturated heterocycles. The van der Waals surface area contributed by atoms with Crippen LogP contribution in [0.15, 0.2) is 24.3 Å². The third-order valence-electron chi connectivity index (χ3n) is 4.19. The van der Waals surface area contributed by atoms with Crippen molar-refractivity contribution in [3.63, 3.8) is 0 Å². The molecule has 8 heteroatoms. The number of nitrogens with zero attached hydrogens (tertiary/aromatic N) is 4. The minimum absolute atomic E-state index is 0.0196. The lowest BCUT2D eigenvalue weighted by Crippen LogP contribution is -2.52. The Bertz CT molecular complexity index is 639. The Morgan fingerprint density at radius 3 is 2.28 bits per heavy atom. The molecule has 0 aliphatic carbocycles. The van der Waals surface area contributed by atoms with E-state index in [-0.39, 0.29) is 17.5 Å². The minimum Gasteiger partial charge on any atom is -0.339 e. The first kappa shape index (κ1) is 18.9. The summed E-state index contributed by atoms with van der Waals surface area (Å²) in [7, 11) is 3.71. The molecule has 1 aromatic rings. The molecule has 2 rings (SSSR count). The highest BCUT2D eigenvalue weighted by atomic mass is 16.6.